The largest absolute Gasteiger partial charge is 0.396 e. The molecule has 11 heavy (non-hydrogen) atoms. The lowest BCUT2D eigenvalue weighted by Gasteiger charge is -2.37. The second kappa shape index (κ2) is 3.15. The van der Waals surface area contributed by atoms with Crippen molar-refractivity contribution < 1.29 is 14.8 Å². The standard InChI is InChI=1S/C6H11NO4/c8-2-1-6(3-7(9)10)4-11-5-6/h8H,1-5H2. The van der Waals surface area contributed by atoms with Crippen LogP contribution >= 0.6 is 0 Å². The Labute approximate surface area is 64.1 Å². The van der Waals surface area contributed by atoms with Crippen LogP contribution < -0.4 is 0 Å². The molecule has 0 aromatic rings. The third-order valence-electron chi connectivity index (χ3n) is 1.92. The van der Waals surface area contributed by atoms with Crippen molar-refractivity contribution in [3.8, 4) is 0 Å². The van der Waals surface area contributed by atoms with E-state index in [0.717, 1.165) is 0 Å². The van der Waals surface area contributed by atoms with Gasteiger partial charge in [0.15, 0.2) is 0 Å². The van der Waals surface area contributed by atoms with Crippen molar-refractivity contribution in [2.45, 2.75) is 6.42 Å². The van der Waals surface area contributed by atoms with Gasteiger partial charge in [0.25, 0.3) is 0 Å². The Bertz CT molecular complexity index is 155. The molecule has 64 valence electrons. The average Bonchev–Trinajstić information content (AvgIpc) is 1.82. The Hall–Kier alpha value is -0.680. The van der Waals surface area contributed by atoms with Gasteiger partial charge >= 0.3 is 0 Å². The van der Waals surface area contributed by atoms with E-state index in [9.17, 15) is 10.1 Å². The third-order valence-corrected chi connectivity index (χ3v) is 1.92. The SMILES string of the molecule is O=[N+]([O-])CC1(CCO)COC1. The lowest BCUT2D eigenvalue weighted by Crippen LogP contribution is -2.48. The zero-order chi connectivity index (χ0) is 8.32. The van der Waals surface area contributed by atoms with E-state index in [1.165, 1.54) is 0 Å². The van der Waals surface area contributed by atoms with Crippen molar-refractivity contribution >= 4 is 0 Å². The Kier molecular flexibility index (Phi) is 2.41. The highest BCUT2D eigenvalue weighted by Crippen LogP contribution is 2.30. The minimum Gasteiger partial charge on any atom is -0.396 e. The van der Waals surface area contributed by atoms with E-state index in [-0.39, 0.29) is 23.5 Å². The minimum absolute atomic E-state index is 0.00278. The Morgan fingerprint density at radius 2 is 2.27 bits per heavy atom. The number of aliphatic hydroxyl groups is 1. The van der Waals surface area contributed by atoms with Crippen molar-refractivity contribution in [3.63, 3.8) is 0 Å². The molecule has 5 heteroatoms. The number of nitrogens with zero attached hydrogens (tertiary/aromatic N) is 1. The molecule has 0 amide bonds. The molecule has 1 aliphatic heterocycles. The van der Waals surface area contributed by atoms with Crippen LogP contribution in [-0.2, 0) is 4.74 Å². The first-order chi connectivity index (χ1) is 5.18. The number of hydrogen-bond acceptors (Lipinski definition) is 4. The molecule has 1 saturated heterocycles. The van der Waals surface area contributed by atoms with Crippen molar-refractivity contribution in [3.05, 3.63) is 10.1 Å². The highest BCUT2D eigenvalue weighted by molar-refractivity contribution is 4.84. The molecule has 0 aromatic carbocycles. The molecule has 0 unspecified atom stereocenters. The van der Waals surface area contributed by atoms with Crippen molar-refractivity contribution in [1.29, 1.82) is 0 Å². The van der Waals surface area contributed by atoms with Crippen LogP contribution in [0.1, 0.15) is 6.42 Å². The molecule has 0 atom stereocenters. The van der Waals surface area contributed by atoms with Crippen LogP contribution in [0, 0.1) is 15.5 Å². The Balaban J connectivity index is 2.39. The Morgan fingerprint density at radius 3 is 2.55 bits per heavy atom. The molecule has 1 heterocycles. The highest BCUT2D eigenvalue weighted by Gasteiger charge is 2.42. The maximum absolute atomic E-state index is 10.2. The molecule has 1 aliphatic rings. The van der Waals surface area contributed by atoms with Gasteiger partial charge in [0.2, 0.25) is 6.54 Å². The molecule has 0 aromatic heterocycles. The van der Waals surface area contributed by atoms with Gasteiger partial charge in [0.1, 0.15) is 0 Å². The van der Waals surface area contributed by atoms with Crippen LogP contribution in [0.3, 0.4) is 0 Å². The van der Waals surface area contributed by atoms with Gasteiger partial charge in [0.05, 0.1) is 18.6 Å². The predicted octanol–water partition coefficient (Wildman–Crippen LogP) is -0.338. The van der Waals surface area contributed by atoms with Crippen molar-refractivity contribution in [1.82, 2.24) is 0 Å². The molecule has 0 aliphatic carbocycles. The molecule has 0 saturated carbocycles. The quantitative estimate of drug-likeness (QED) is 0.452. The molecule has 5 nitrogen and oxygen atoms in total. The summed E-state index contributed by atoms with van der Waals surface area (Å²) in [5.74, 6) is 0. The van der Waals surface area contributed by atoms with Gasteiger partial charge in [-0.15, -0.1) is 0 Å². The summed E-state index contributed by atoms with van der Waals surface area (Å²) in [5, 5.41) is 18.8. The fraction of sp³-hybridized carbons (Fsp3) is 1.00. The summed E-state index contributed by atoms with van der Waals surface area (Å²) in [5.41, 5.74) is -0.377. The highest BCUT2D eigenvalue weighted by atomic mass is 16.6. The summed E-state index contributed by atoms with van der Waals surface area (Å²) >= 11 is 0. The van der Waals surface area contributed by atoms with E-state index < -0.39 is 0 Å². The average molecular weight is 161 g/mol. The topological polar surface area (TPSA) is 72.6 Å². The van der Waals surface area contributed by atoms with Crippen LogP contribution in [0.5, 0.6) is 0 Å². The van der Waals surface area contributed by atoms with Gasteiger partial charge in [-0.3, -0.25) is 10.1 Å². The summed E-state index contributed by atoms with van der Waals surface area (Å²) in [4.78, 5) is 9.80. The molecule has 1 fully saturated rings. The monoisotopic (exact) mass is 161 g/mol. The molecule has 0 spiro atoms. The van der Waals surface area contributed by atoms with Gasteiger partial charge in [-0.25, -0.2) is 0 Å². The van der Waals surface area contributed by atoms with E-state index in [4.69, 9.17) is 9.84 Å². The number of ether oxygens (including phenoxy) is 1. The third kappa shape index (κ3) is 1.87. The normalized spacial score (nSPS) is 20.8. The van der Waals surface area contributed by atoms with E-state index in [0.29, 0.717) is 19.6 Å². The lowest BCUT2D eigenvalue weighted by atomic mass is 9.83. The van der Waals surface area contributed by atoms with Gasteiger partial charge in [-0.1, -0.05) is 0 Å². The number of aliphatic hydroxyl groups excluding tert-OH is 1. The first-order valence-electron chi connectivity index (χ1n) is 3.49. The predicted molar refractivity (Wildman–Crippen MR) is 36.8 cm³/mol. The summed E-state index contributed by atoms with van der Waals surface area (Å²) in [7, 11) is 0. The number of nitro groups is 1. The summed E-state index contributed by atoms with van der Waals surface area (Å²) < 4.78 is 4.88. The summed E-state index contributed by atoms with van der Waals surface area (Å²) in [6.45, 7) is 0.730. The second-order valence-corrected chi connectivity index (χ2v) is 2.96. The van der Waals surface area contributed by atoms with Crippen molar-refractivity contribution in [2.24, 2.45) is 5.41 Å². The van der Waals surface area contributed by atoms with Crippen LogP contribution in [0.2, 0.25) is 0 Å². The maximum Gasteiger partial charge on any atom is 0.213 e. The first-order valence-corrected chi connectivity index (χ1v) is 3.49. The fourth-order valence-electron chi connectivity index (χ4n) is 1.22. The minimum atomic E-state index is -0.377. The number of hydrogen-bond donors (Lipinski definition) is 1. The zero-order valence-corrected chi connectivity index (χ0v) is 6.15. The van der Waals surface area contributed by atoms with Gasteiger partial charge in [-0.2, -0.15) is 0 Å². The molecular formula is C6H11NO4. The van der Waals surface area contributed by atoms with Crippen molar-refractivity contribution in [2.75, 3.05) is 26.4 Å². The molecule has 1 N–H and O–H groups in total. The van der Waals surface area contributed by atoms with Gasteiger partial charge < -0.3 is 9.84 Å². The summed E-state index contributed by atoms with van der Waals surface area (Å²) in [6, 6.07) is 0. The Morgan fingerprint density at radius 1 is 1.64 bits per heavy atom. The van der Waals surface area contributed by atoms with Crippen LogP contribution in [0.25, 0.3) is 0 Å². The maximum atomic E-state index is 10.2. The second-order valence-electron chi connectivity index (χ2n) is 2.96. The molecule has 0 radical (unpaired) electrons. The van der Waals surface area contributed by atoms with E-state index in [2.05, 4.69) is 0 Å². The molecule has 0 bridgehead atoms. The fourth-order valence-corrected chi connectivity index (χ4v) is 1.22. The molecular weight excluding hydrogens is 150 g/mol. The van der Waals surface area contributed by atoms with E-state index in [1.807, 2.05) is 0 Å². The van der Waals surface area contributed by atoms with E-state index in [1.54, 1.807) is 0 Å². The lowest BCUT2D eigenvalue weighted by molar-refractivity contribution is -0.508. The van der Waals surface area contributed by atoms with Crippen LogP contribution in [-0.4, -0.2) is 36.4 Å². The first kappa shape index (κ1) is 8.42. The van der Waals surface area contributed by atoms with E-state index >= 15 is 0 Å². The van der Waals surface area contributed by atoms with Crippen LogP contribution in [0.15, 0.2) is 0 Å². The summed E-state index contributed by atoms with van der Waals surface area (Å²) in [6.07, 6.45) is 0.466. The van der Waals surface area contributed by atoms with Crippen LogP contribution in [0.4, 0.5) is 0 Å². The van der Waals surface area contributed by atoms with Gasteiger partial charge in [0, 0.05) is 11.5 Å². The number of rotatable bonds is 4. The molecule has 1 rings (SSSR count). The smallest absolute Gasteiger partial charge is 0.213 e. The zero-order valence-electron chi connectivity index (χ0n) is 6.15. The van der Waals surface area contributed by atoms with Gasteiger partial charge in [-0.05, 0) is 6.42 Å².